The van der Waals surface area contributed by atoms with E-state index in [4.69, 9.17) is 20.9 Å². The molecule has 0 bridgehead atoms. The fourth-order valence-corrected chi connectivity index (χ4v) is 3.39. The average molecular weight is 412 g/mol. The van der Waals surface area contributed by atoms with Crippen LogP contribution in [-0.4, -0.2) is 25.1 Å². The van der Waals surface area contributed by atoms with E-state index in [1.165, 1.54) is 12.1 Å². The molecule has 0 saturated carbocycles. The van der Waals surface area contributed by atoms with E-state index in [1.807, 2.05) is 24.3 Å². The van der Waals surface area contributed by atoms with Crippen molar-refractivity contribution in [1.82, 2.24) is 25.1 Å². The molecule has 146 valence electrons. The summed E-state index contributed by atoms with van der Waals surface area (Å²) in [6, 6.07) is 13.7. The lowest BCUT2D eigenvalue weighted by Gasteiger charge is -2.24. The first-order valence-electron chi connectivity index (χ1n) is 9.02. The van der Waals surface area contributed by atoms with Gasteiger partial charge in [0.25, 0.3) is 0 Å². The number of nitrogens with zero attached hydrogens (tertiary/aromatic N) is 5. The van der Waals surface area contributed by atoms with Gasteiger partial charge in [-0.25, -0.2) is 9.07 Å². The van der Waals surface area contributed by atoms with E-state index >= 15 is 0 Å². The van der Waals surface area contributed by atoms with E-state index in [-0.39, 0.29) is 11.9 Å². The highest BCUT2D eigenvalue weighted by molar-refractivity contribution is 6.30. The highest BCUT2D eigenvalue weighted by Gasteiger charge is 2.27. The van der Waals surface area contributed by atoms with Gasteiger partial charge in [-0.1, -0.05) is 46.2 Å². The van der Waals surface area contributed by atoms with E-state index in [0.29, 0.717) is 42.0 Å². The number of aromatic nitrogens is 5. The molecule has 5 rings (SSSR count). The molecule has 7 nitrogen and oxygen atoms in total. The molecule has 4 aromatic rings. The zero-order valence-corrected chi connectivity index (χ0v) is 15.9. The molecule has 0 aliphatic carbocycles. The zero-order chi connectivity index (χ0) is 19.8. The molecule has 9 heteroatoms. The van der Waals surface area contributed by atoms with Gasteiger partial charge in [-0.2, -0.15) is 4.98 Å². The average Bonchev–Trinajstić information content (AvgIpc) is 3.36. The fraction of sp³-hybridized carbons (Fsp3) is 0.200. The molecule has 2 aromatic carbocycles. The second kappa shape index (κ2) is 7.38. The second-order valence-corrected chi connectivity index (χ2v) is 7.17. The number of benzene rings is 2. The molecular formula is C20H15ClFN5O2. The molecule has 1 aliphatic heterocycles. The molecule has 0 radical (unpaired) electrons. The quantitative estimate of drug-likeness (QED) is 0.505. The molecule has 1 aliphatic rings. The fourth-order valence-electron chi connectivity index (χ4n) is 3.26. The Labute approximate surface area is 170 Å². The second-order valence-electron chi connectivity index (χ2n) is 6.73. The molecule has 1 atom stereocenters. The summed E-state index contributed by atoms with van der Waals surface area (Å²) < 4.78 is 26.2. The summed E-state index contributed by atoms with van der Waals surface area (Å²) in [7, 11) is 0. The molecule has 0 amide bonds. The van der Waals surface area contributed by atoms with Crippen LogP contribution in [0.15, 0.2) is 53.1 Å². The van der Waals surface area contributed by atoms with Crippen LogP contribution < -0.4 is 0 Å². The smallest absolute Gasteiger partial charge is 0.231 e. The lowest BCUT2D eigenvalue weighted by atomic mass is 10.1. The Morgan fingerprint density at radius 3 is 2.69 bits per heavy atom. The first-order valence-corrected chi connectivity index (χ1v) is 9.40. The van der Waals surface area contributed by atoms with Crippen molar-refractivity contribution in [2.24, 2.45) is 0 Å². The van der Waals surface area contributed by atoms with Crippen molar-refractivity contribution >= 4 is 11.6 Å². The van der Waals surface area contributed by atoms with Crippen LogP contribution >= 0.6 is 11.6 Å². The third kappa shape index (κ3) is 3.64. The van der Waals surface area contributed by atoms with E-state index < -0.39 is 0 Å². The van der Waals surface area contributed by atoms with Crippen molar-refractivity contribution in [3.05, 3.63) is 82.1 Å². The highest BCUT2D eigenvalue weighted by Crippen LogP contribution is 2.30. The van der Waals surface area contributed by atoms with Gasteiger partial charge in [0.2, 0.25) is 11.7 Å². The van der Waals surface area contributed by atoms with Gasteiger partial charge in [0.15, 0.2) is 5.69 Å². The van der Waals surface area contributed by atoms with Crippen LogP contribution in [-0.2, 0) is 24.3 Å². The van der Waals surface area contributed by atoms with Gasteiger partial charge in [0.1, 0.15) is 11.9 Å². The molecule has 3 heterocycles. The largest absolute Gasteiger partial charge is 0.365 e. The van der Waals surface area contributed by atoms with Crippen LogP contribution in [0, 0.1) is 5.82 Å². The van der Waals surface area contributed by atoms with E-state index in [2.05, 4.69) is 20.5 Å². The van der Waals surface area contributed by atoms with Gasteiger partial charge in [-0.15, -0.1) is 5.10 Å². The van der Waals surface area contributed by atoms with Crippen molar-refractivity contribution in [3.63, 3.8) is 0 Å². The number of rotatable bonds is 4. The van der Waals surface area contributed by atoms with Crippen LogP contribution in [0.5, 0.6) is 0 Å². The number of hydrogen-bond donors (Lipinski definition) is 0. The molecule has 0 saturated heterocycles. The van der Waals surface area contributed by atoms with Gasteiger partial charge >= 0.3 is 0 Å². The first kappa shape index (κ1) is 18.0. The highest BCUT2D eigenvalue weighted by atomic mass is 35.5. The lowest BCUT2D eigenvalue weighted by molar-refractivity contribution is -0.00111. The summed E-state index contributed by atoms with van der Waals surface area (Å²) in [6.07, 6.45) is 0.278. The van der Waals surface area contributed by atoms with Gasteiger partial charge in [0, 0.05) is 5.02 Å². The Morgan fingerprint density at radius 1 is 1.10 bits per heavy atom. The standard InChI is InChI=1S/C20H15ClFN5O2/c21-14-5-3-13(4-6-14)17-10-27-16(11-28-17)19(24-26-27)20-23-18(29-25-20)9-12-1-7-15(22)8-2-12/h1-8,17H,9-11H2. The Balaban J connectivity index is 1.34. The molecule has 29 heavy (non-hydrogen) atoms. The van der Waals surface area contributed by atoms with Crippen molar-refractivity contribution in [1.29, 1.82) is 0 Å². The van der Waals surface area contributed by atoms with Gasteiger partial charge in [-0.05, 0) is 35.4 Å². The van der Waals surface area contributed by atoms with Crippen LogP contribution in [0.2, 0.25) is 5.02 Å². The van der Waals surface area contributed by atoms with Crippen LogP contribution in [0.1, 0.15) is 28.8 Å². The number of fused-ring (bicyclic) bond motifs is 1. The van der Waals surface area contributed by atoms with E-state index in [1.54, 1.807) is 16.8 Å². The Kier molecular flexibility index (Phi) is 4.57. The van der Waals surface area contributed by atoms with E-state index in [9.17, 15) is 4.39 Å². The Bertz CT molecular complexity index is 1140. The van der Waals surface area contributed by atoms with Crippen molar-refractivity contribution in [2.75, 3.05) is 0 Å². The van der Waals surface area contributed by atoms with Crippen LogP contribution in [0.4, 0.5) is 4.39 Å². The van der Waals surface area contributed by atoms with Crippen LogP contribution in [0.25, 0.3) is 11.5 Å². The van der Waals surface area contributed by atoms with Crippen molar-refractivity contribution in [3.8, 4) is 11.5 Å². The summed E-state index contributed by atoms with van der Waals surface area (Å²) >= 11 is 5.95. The third-order valence-electron chi connectivity index (χ3n) is 4.79. The molecule has 2 aromatic heterocycles. The predicted octanol–water partition coefficient (Wildman–Crippen LogP) is 3.98. The van der Waals surface area contributed by atoms with Gasteiger partial charge < -0.3 is 9.26 Å². The van der Waals surface area contributed by atoms with Crippen molar-refractivity contribution in [2.45, 2.75) is 25.7 Å². The summed E-state index contributed by atoms with van der Waals surface area (Å²) in [5.41, 5.74) is 3.23. The number of ether oxygens (including phenoxy) is 1. The summed E-state index contributed by atoms with van der Waals surface area (Å²) in [4.78, 5) is 4.41. The third-order valence-corrected chi connectivity index (χ3v) is 5.04. The molecule has 0 fully saturated rings. The summed E-state index contributed by atoms with van der Waals surface area (Å²) in [5, 5.41) is 13.1. The minimum atomic E-state index is -0.285. The van der Waals surface area contributed by atoms with Crippen molar-refractivity contribution < 1.29 is 13.7 Å². The SMILES string of the molecule is Fc1ccc(Cc2nc(-c3nnn4c3COC(c3ccc(Cl)cc3)C4)no2)cc1. The molecule has 0 N–H and O–H groups in total. The number of halogens is 2. The lowest BCUT2D eigenvalue weighted by Crippen LogP contribution is -2.22. The minimum Gasteiger partial charge on any atom is -0.365 e. The molecule has 1 unspecified atom stereocenters. The summed E-state index contributed by atoms with van der Waals surface area (Å²) in [5.74, 6) is 0.494. The van der Waals surface area contributed by atoms with Crippen LogP contribution in [0.3, 0.4) is 0 Å². The minimum absolute atomic E-state index is 0.131. The maximum Gasteiger partial charge on any atom is 0.231 e. The monoisotopic (exact) mass is 411 g/mol. The maximum absolute atomic E-state index is 13.0. The normalized spacial score (nSPS) is 16.0. The first-order chi connectivity index (χ1) is 14.2. The van der Waals surface area contributed by atoms with Gasteiger partial charge in [-0.3, -0.25) is 0 Å². The maximum atomic E-state index is 13.0. The molecular weight excluding hydrogens is 397 g/mol. The number of hydrogen-bond acceptors (Lipinski definition) is 6. The van der Waals surface area contributed by atoms with Gasteiger partial charge in [0.05, 0.1) is 25.3 Å². The Hall–Kier alpha value is -3.10. The molecule has 0 spiro atoms. The van der Waals surface area contributed by atoms with E-state index in [0.717, 1.165) is 16.8 Å². The topological polar surface area (TPSA) is 78.9 Å². The Morgan fingerprint density at radius 2 is 1.90 bits per heavy atom. The predicted molar refractivity (Wildman–Crippen MR) is 102 cm³/mol. The summed E-state index contributed by atoms with van der Waals surface area (Å²) in [6.45, 7) is 0.863. The zero-order valence-electron chi connectivity index (χ0n) is 15.1.